The van der Waals surface area contributed by atoms with Crippen LogP contribution in [0, 0.1) is 0 Å². The molecule has 0 aromatic rings. The van der Waals surface area contributed by atoms with Crippen LogP contribution in [0.25, 0.3) is 0 Å². The van der Waals surface area contributed by atoms with E-state index in [-0.39, 0.29) is 83.5 Å². The molecule has 1 radical (unpaired) electrons. The van der Waals surface area contributed by atoms with E-state index in [1.165, 1.54) is 0 Å². The molecule has 0 rings (SSSR count). The summed E-state index contributed by atoms with van der Waals surface area (Å²) in [5, 5.41) is 0. The molecule has 21 valence electrons. The summed E-state index contributed by atoms with van der Waals surface area (Å²) in [5.41, 5.74) is 0. The van der Waals surface area contributed by atoms with E-state index in [1.807, 2.05) is 0 Å². The third-order valence-corrected chi connectivity index (χ3v) is 0. The Kier molecular flexibility index (Phi) is 151. The topological polar surface area (TPSA) is 31.5 Å². The van der Waals surface area contributed by atoms with Gasteiger partial charge in [-0.05, 0) is 0 Å². The largest absolute Gasteiger partial charge is 0 e. The number of rotatable bonds is 0. The second-order valence-corrected chi connectivity index (χ2v) is 0. The van der Waals surface area contributed by atoms with Gasteiger partial charge in [0.15, 0.2) is 0 Å². The van der Waals surface area contributed by atoms with Crippen LogP contribution < -0.4 is 0 Å². The van der Waals surface area contributed by atoms with Gasteiger partial charge in [-0.15, -0.1) is 0 Å². The summed E-state index contributed by atoms with van der Waals surface area (Å²) < 4.78 is 0. The fourth-order valence-electron chi connectivity index (χ4n) is 0. The molecule has 0 saturated carbocycles. The van der Waals surface area contributed by atoms with Crippen LogP contribution in [-0.4, -0.2) is 61.1 Å². The van der Waals surface area contributed by atoms with Crippen LogP contribution in [0.2, 0.25) is 0 Å². The molecule has 0 heterocycles. The van der Waals surface area contributed by atoms with Gasteiger partial charge in [-0.3, -0.25) is 0 Å². The molecule has 0 bridgehead atoms. The summed E-state index contributed by atoms with van der Waals surface area (Å²) in [7, 11) is 0. The molecule has 2 N–H and O–H groups in total. The molecule has 0 amide bonds. The van der Waals surface area contributed by atoms with Crippen molar-refractivity contribution in [3.05, 3.63) is 0 Å². The summed E-state index contributed by atoms with van der Waals surface area (Å²) in [6, 6.07) is 0. The van der Waals surface area contributed by atoms with E-state index in [4.69, 9.17) is 0 Å². The van der Waals surface area contributed by atoms with Crippen molar-refractivity contribution >= 4 is 55.6 Å². The monoisotopic (exact) mass is 300 g/mol. The van der Waals surface area contributed by atoms with Crippen molar-refractivity contribution in [2.45, 2.75) is 0 Å². The number of hydrogen-bond acceptors (Lipinski definition) is 0. The minimum Gasteiger partial charge on any atom is 0 e. The van der Waals surface area contributed by atoms with Gasteiger partial charge in [0.2, 0.25) is 0 Å². The summed E-state index contributed by atoms with van der Waals surface area (Å²) in [6.45, 7) is 0. The zero-order chi connectivity index (χ0) is 0. The van der Waals surface area contributed by atoms with Gasteiger partial charge < -0.3 is 5.48 Å². The molecule has 0 aromatic carbocycles. The zero-order valence-electron chi connectivity index (χ0n) is 0.947. The average Bonchev–Trinajstić information content (AvgIpc) is 0. The Bertz CT molecular complexity index is 8.00. The van der Waals surface area contributed by atoms with Crippen molar-refractivity contribution in [2.75, 3.05) is 0 Å². The molecule has 4 heavy (non-hydrogen) atoms. The molecule has 0 atom stereocenters. The van der Waals surface area contributed by atoms with Crippen molar-refractivity contribution in [3.63, 3.8) is 0 Å². The summed E-state index contributed by atoms with van der Waals surface area (Å²) in [5.74, 6) is 0. The van der Waals surface area contributed by atoms with Crippen LogP contribution in [0.5, 0.6) is 0 Å². The van der Waals surface area contributed by atoms with E-state index in [1.54, 1.807) is 0 Å². The summed E-state index contributed by atoms with van der Waals surface area (Å²) in [6.07, 6.45) is 0. The van der Waals surface area contributed by atoms with Crippen LogP contribution in [0.15, 0.2) is 0 Å². The Morgan fingerprint density at radius 2 is 1.00 bits per heavy atom. The third-order valence-electron chi connectivity index (χ3n) is 0. The first-order valence-corrected chi connectivity index (χ1v) is 0. The van der Waals surface area contributed by atoms with E-state index in [2.05, 4.69) is 0 Å². The van der Waals surface area contributed by atoms with Crippen LogP contribution in [-0.2, 0) is 22.4 Å². The van der Waals surface area contributed by atoms with Crippen molar-refractivity contribution in [1.82, 2.24) is 0 Å². The molecular formula is H6BeOSrTa. The number of hydrogen-bond donors (Lipinski definition) is 0. The maximum absolute atomic E-state index is 0. The normalized spacial score (nSPS) is 0. The predicted octanol–water partition coefficient (Wildman–Crippen LogP) is -2.66. The Morgan fingerprint density at radius 1 is 1.00 bits per heavy atom. The first-order chi connectivity index (χ1) is 0. The molecule has 0 aliphatic carbocycles. The Balaban J connectivity index is 0. The molecule has 0 aromatic heterocycles. The summed E-state index contributed by atoms with van der Waals surface area (Å²) >= 11 is 0. The fraction of sp³-hybridized carbons (Fsp3) is 0. The average molecular weight is 300 g/mol. The van der Waals surface area contributed by atoms with Gasteiger partial charge in [0, 0.05) is 22.4 Å². The van der Waals surface area contributed by atoms with Crippen molar-refractivity contribution in [3.8, 4) is 0 Å². The summed E-state index contributed by atoms with van der Waals surface area (Å²) in [4.78, 5) is 0. The van der Waals surface area contributed by atoms with Crippen LogP contribution in [0.1, 0.15) is 0 Å². The fourth-order valence-corrected chi connectivity index (χ4v) is 0. The molecule has 0 unspecified atom stereocenters. The van der Waals surface area contributed by atoms with Crippen LogP contribution in [0.3, 0.4) is 0 Å². The SMILES string of the molecule is O.[BeH2].[SrH2].[Ta]. The first kappa shape index (κ1) is 32.9. The smallest absolute Gasteiger partial charge is 0 e. The molecular weight excluding hydrogens is 294 g/mol. The van der Waals surface area contributed by atoms with E-state index >= 15 is 0 Å². The van der Waals surface area contributed by atoms with Gasteiger partial charge in [0.25, 0.3) is 0 Å². The van der Waals surface area contributed by atoms with Crippen molar-refractivity contribution < 1.29 is 27.9 Å². The minimum atomic E-state index is 0. The van der Waals surface area contributed by atoms with Gasteiger partial charge >= 0.3 is 55.6 Å². The quantitative estimate of drug-likeness (QED) is 0.438. The Hall–Kier alpha value is 2.35. The van der Waals surface area contributed by atoms with E-state index < -0.39 is 0 Å². The maximum atomic E-state index is 0. The maximum Gasteiger partial charge on any atom is 0 e. The van der Waals surface area contributed by atoms with Crippen LogP contribution >= 0.6 is 0 Å². The van der Waals surface area contributed by atoms with Gasteiger partial charge in [-0.1, -0.05) is 0 Å². The van der Waals surface area contributed by atoms with Gasteiger partial charge in [-0.2, -0.15) is 0 Å². The molecule has 0 spiro atoms. The minimum absolute atomic E-state index is 0. The van der Waals surface area contributed by atoms with Crippen molar-refractivity contribution in [2.24, 2.45) is 0 Å². The van der Waals surface area contributed by atoms with E-state index in [9.17, 15) is 0 Å². The second kappa shape index (κ2) is 18.3. The third kappa shape index (κ3) is 8.84. The molecule has 1 nitrogen and oxygen atoms in total. The molecule has 0 aliphatic heterocycles. The van der Waals surface area contributed by atoms with Crippen molar-refractivity contribution in [1.29, 1.82) is 0 Å². The predicted molar refractivity (Wildman–Crippen MR) is 20.7 cm³/mol. The molecule has 4 heteroatoms. The van der Waals surface area contributed by atoms with E-state index in [0.29, 0.717) is 0 Å². The van der Waals surface area contributed by atoms with Gasteiger partial charge in [0.1, 0.15) is 0 Å². The molecule has 0 fully saturated rings. The second-order valence-electron chi connectivity index (χ2n) is 0. The zero-order valence-corrected chi connectivity index (χ0v) is 4.16. The van der Waals surface area contributed by atoms with Gasteiger partial charge in [-0.25, -0.2) is 0 Å². The van der Waals surface area contributed by atoms with E-state index in [0.717, 1.165) is 0 Å². The molecule has 0 saturated heterocycles. The van der Waals surface area contributed by atoms with Crippen LogP contribution in [0.4, 0.5) is 0 Å². The molecule has 0 aliphatic rings. The van der Waals surface area contributed by atoms with Gasteiger partial charge in [0.05, 0.1) is 0 Å². The first-order valence-electron chi connectivity index (χ1n) is 0. The Morgan fingerprint density at radius 3 is 1.00 bits per heavy atom. The Labute approximate surface area is 81.8 Å². The standard InChI is InChI=1S/Be.H2O.Sr.Ta.4H/h;1H2;;;;;;.